The summed E-state index contributed by atoms with van der Waals surface area (Å²) in [5.74, 6) is 4.06. The van der Waals surface area contributed by atoms with Crippen molar-refractivity contribution in [3.05, 3.63) is 35.1 Å². The van der Waals surface area contributed by atoms with Crippen molar-refractivity contribution in [1.82, 2.24) is 4.90 Å². The Bertz CT molecular complexity index is 616. The summed E-state index contributed by atoms with van der Waals surface area (Å²) in [5, 5.41) is 0. The minimum Gasteiger partial charge on any atom is -0.320 e. The van der Waals surface area contributed by atoms with Crippen molar-refractivity contribution in [3.8, 4) is 11.8 Å². The zero-order valence-corrected chi connectivity index (χ0v) is 11.1. The lowest BCUT2D eigenvalue weighted by molar-refractivity contribution is -0.139. The van der Waals surface area contributed by atoms with Crippen LogP contribution in [0.25, 0.3) is 0 Å². The van der Waals surface area contributed by atoms with E-state index in [4.69, 9.17) is 5.73 Å². The minimum absolute atomic E-state index is 0.0293. The number of carbonyl (C=O) groups excluding carboxylic acids is 2. The van der Waals surface area contributed by atoms with Crippen molar-refractivity contribution < 1.29 is 14.0 Å². The molecule has 1 aliphatic rings. The van der Waals surface area contributed by atoms with Crippen molar-refractivity contribution in [1.29, 1.82) is 0 Å². The lowest BCUT2D eigenvalue weighted by atomic mass is 10.1. The second kappa shape index (κ2) is 5.85. The molecule has 0 radical (unpaired) electrons. The van der Waals surface area contributed by atoms with E-state index in [0.29, 0.717) is 11.1 Å². The molecule has 2 N–H and O–H groups in total. The Labute approximate surface area is 116 Å². The lowest BCUT2D eigenvalue weighted by Gasteiger charge is -2.14. The largest absolute Gasteiger partial charge is 0.320 e. The average Bonchev–Trinajstić information content (AvgIpc) is 2.65. The van der Waals surface area contributed by atoms with E-state index < -0.39 is 5.82 Å². The maximum Gasteiger partial charge on any atom is 0.232 e. The smallest absolute Gasteiger partial charge is 0.232 e. The molecule has 4 nitrogen and oxygen atoms in total. The van der Waals surface area contributed by atoms with Gasteiger partial charge in [-0.25, -0.2) is 4.39 Å². The highest BCUT2D eigenvalue weighted by molar-refractivity contribution is 6.03. The van der Waals surface area contributed by atoms with E-state index in [2.05, 4.69) is 11.8 Å². The number of imide groups is 1. The number of rotatable bonds is 2. The first-order chi connectivity index (χ1) is 9.52. The Kier molecular flexibility index (Phi) is 4.16. The van der Waals surface area contributed by atoms with E-state index in [0.717, 1.165) is 4.90 Å². The van der Waals surface area contributed by atoms with Gasteiger partial charge in [0, 0.05) is 23.5 Å². The molecule has 1 atom stereocenters. The molecule has 1 unspecified atom stereocenters. The molecule has 104 valence electrons. The first-order valence-corrected chi connectivity index (χ1v) is 6.34. The Hall–Kier alpha value is -2.19. The topological polar surface area (TPSA) is 63.4 Å². The van der Waals surface area contributed by atoms with Crippen LogP contribution < -0.4 is 5.73 Å². The fourth-order valence-electron chi connectivity index (χ4n) is 2.09. The second-order valence-corrected chi connectivity index (χ2v) is 4.74. The highest BCUT2D eigenvalue weighted by Gasteiger charge is 2.35. The fourth-order valence-corrected chi connectivity index (χ4v) is 2.09. The van der Waals surface area contributed by atoms with Gasteiger partial charge in [-0.2, -0.15) is 0 Å². The summed E-state index contributed by atoms with van der Waals surface area (Å²) in [5.41, 5.74) is 6.07. The zero-order valence-electron chi connectivity index (χ0n) is 11.1. The van der Waals surface area contributed by atoms with Gasteiger partial charge in [0.2, 0.25) is 11.8 Å². The highest BCUT2D eigenvalue weighted by Crippen LogP contribution is 2.22. The van der Waals surface area contributed by atoms with E-state index in [-0.39, 0.29) is 37.2 Å². The standard InChI is InChI=1S/C15H15FN2O2/c1-10-7-14(19)18(15(10)20)9-12-5-4-11(3-2-6-17)8-13(12)16/h4-5,8,10H,6-7,9,17H2,1H3. The summed E-state index contributed by atoms with van der Waals surface area (Å²) in [4.78, 5) is 24.6. The van der Waals surface area contributed by atoms with Crippen LogP contribution in [0.2, 0.25) is 0 Å². The number of amides is 2. The van der Waals surface area contributed by atoms with E-state index in [1.807, 2.05) is 0 Å². The molecule has 0 bridgehead atoms. The van der Waals surface area contributed by atoms with Crippen molar-refractivity contribution in [2.45, 2.75) is 19.9 Å². The molecule has 0 aliphatic carbocycles. The third kappa shape index (κ3) is 2.86. The fraction of sp³-hybridized carbons (Fsp3) is 0.333. The predicted octanol–water partition coefficient (Wildman–Crippen LogP) is 1.03. The molecule has 0 saturated carbocycles. The van der Waals surface area contributed by atoms with Gasteiger partial charge in [0.1, 0.15) is 5.82 Å². The Morgan fingerprint density at radius 3 is 2.75 bits per heavy atom. The molecule has 2 amide bonds. The predicted molar refractivity (Wildman–Crippen MR) is 71.7 cm³/mol. The van der Waals surface area contributed by atoms with Gasteiger partial charge >= 0.3 is 0 Å². The van der Waals surface area contributed by atoms with Crippen LogP contribution in [0.3, 0.4) is 0 Å². The molecule has 1 aliphatic heterocycles. The van der Waals surface area contributed by atoms with Gasteiger partial charge in [-0.1, -0.05) is 24.8 Å². The maximum atomic E-state index is 13.9. The number of nitrogens with zero attached hydrogens (tertiary/aromatic N) is 1. The van der Waals surface area contributed by atoms with Crippen molar-refractivity contribution in [2.24, 2.45) is 11.7 Å². The Balaban J connectivity index is 2.18. The number of halogens is 1. The van der Waals surface area contributed by atoms with Crippen LogP contribution in [0.1, 0.15) is 24.5 Å². The lowest BCUT2D eigenvalue weighted by Crippen LogP contribution is -2.30. The molecule has 1 aromatic carbocycles. The van der Waals surface area contributed by atoms with E-state index in [1.165, 1.54) is 6.07 Å². The normalized spacial score (nSPS) is 18.1. The quantitative estimate of drug-likeness (QED) is 0.647. The molecular formula is C15H15FN2O2. The Morgan fingerprint density at radius 2 is 2.20 bits per heavy atom. The van der Waals surface area contributed by atoms with Crippen LogP contribution in [-0.4, -0.2) is 23.3 Å². The van der Waals surface area contributed by atoms with Crippen LogP contribution in [0.15, 0.2) is 18.2 Å². The summed E-state index contributed by atoms with van der Waals surface area (Å²) in [6.45, 7) is 1.87. The van der Waals surface area contributed by atoms with Gasteiger partial charge in [-0.15, -0.1) is 0 Å². The molecule has 1 fully saturated rings. The van der Waals surface area contributed by atoms with Gasteiger partial charge in [0.15, 0.2) is 0 Å². The Morgan fingerprint density at radius 1 is 1.45 bits per heavy atom. The average molecular weight is 274 g/mol. The van der Waals surface area contributed by atoms with Gasteiger partial charge in [0.05, 0.1) is 13.1 Å². The number of carbonyl (C=O) groups is 2. The van der Waals surface area contributed by atoms with Gasteiger partial charge < -0.3 is 5.73 Å². The van der Waals surface area contributed by atoms with Gasteiger partial charge in [-0.05, 0) is 12.1 Å². The summed E-state index contributed by atoms with van der Waals surface area (Å²) in [6.07, 6.45) is 0.195. The molecule has 1 saturated heterocycles. The molecule has 1 heterocycles. The van der Waals surface area contributed by atoms with Crippen molar-refractivity contribution in [3.63, 3.8) is 0 Å². The number of benzene rings is 1. The molecule has 5 heteroatoms. The summed E-state index contributed by atoms with van der Waals surface area (Å²) in [7, 11) is 0. The molecule has 2 rings (SSSR count). The third-order valence-corrected chi connectivity index (χ3v) is 3.19. The van der Waals surface area contributed by atoms with Crippen molar-refractivity contribution >= 4 is 11.8 Å². The molecule has 0 spiro atoms. The van der Waals surface area contributed by atoms with Crippen LogP contribution in [0, 0.1) is 23.6 Å². The van der Waals surface area contributed by atoms with Crippen LogP contribution in [-0.2, 0) is 16.1 Å². The van der Waals surface area contributed by atoms with Crippen LogP contribution >= 0.6 is 0 Å². The summed E-state index contributed by atoms with van der Waals surface area (Å²) in [6, 6.07) is 4.47. The summed E-state index contributed by atoms with van der Waals surface area (Å²) >= 11 is 0. The van der Waals surface area contributed by atoms with Crippen molar-refractivity contribution in [2.75, 3.05) is 6.54 Å². The number of hydrogen-bond acceptors (Lipinski definition) is 3. The molecule has 20 heavy (non-hydrogen) atoms. The highest BCUT2D eigenvalue weighted by atomic mass is 19.1. The summed E-state index contributed by atoms with van der Waals surface area (Å²) < 4.78 is 13.9. The van der Waals surface area contributed by atoms with Crippen LogP contribution in [0.4, 0.5) is 4.39 Å². The molecule has 0 aromatic heterocycles. The second-order valence-electron chi connectivity index (χ2n) is 4.74. The van der Waals surface area contributed by atoms with E-state index >= 15 is 0 Å². The number of nitrogens with two attached hydrogens (primary N) is 1. The first-order valence-electron chi connectivity index (χ1n) is 6.34. The van der Waals surface area contributed by atoms with Gasteiger partial charge in [-0.3, -0.25) is 14.5 Å². The van der Waals surface area contributed by atoms with Gasteiger partial charge in [0.25, 0.3) is 0 Å². The monoisotopic (exact) mass is 274 g/mol. The van der Waals surface area contributed by atoms with E-state index in [9.17, 15) is 14.0 Å². The number of hydrogen-bond donors (Lipinski definition) is 1. The first kappa shape index (κ1) is 14.2. The van der Waals surface area contributed by atoms with Crippen LogP contribution in [0.5, 0.6) is 0 Å². The third-order valence-electron chi connectivity index (χ3n) is 3.19. The minimum atomic E-state index is -0.478. The molecular weight excluding hydrogens is 259 g/mol. The zero-order chi connectivity index (χ0) is 14.7. The van der Waals surface area contributed by atoms with E-state index in [1.54, 1.807) is 19.1 Å². The SMILES string of the molecule is CC1CC(=O)N(Cc2ccc(C#CCN)cc2F)C1=O. The maximum absolute atomic E-state index is 13.9. The molecule has 1 aromatic rings. The number of likely N-dealkylation sites (tertiary alicyclic amines) is 1.